The number of nitrogens with one attached hydrogen (secondary N) is 1. The summed E-state index contributed by atoms with van der Waals surface area (Å²) < 4.78 is 0. The Hall–Kier alpha value is -1.88. The summed E-state index contributed by atoms with van der Waals surface area (Å²) in [6.45, 7) is 8.89. The molecule has 118 valence electrons. The number of aryl methyl sites for hydroxylation is 1. The van der Waals surface area contributed by atoms with Crippen LogP contribution in [0.15, 0.2) is 29.6 Å². The molecule has 0 bridgehead atoms. The van der Waals surface area contributed by atoms with Crippen LogP contribution in [0.1, 0.15) is 37.0 Å². The average molecular weight is 317 g/mol. The number of nitrogens with zero attached hydrogens (tertiary/aromatic N) is 2. The van der Waals surface area contributed by atoms with Gasteiger partial charge < -0.3 is 10.2 Å². The van der Waals surface area contributed by atoms with Crippen molar-refractivity contribution in [3.63, 3.8) is 0 Å². The second-order valence-electron chi connectivity index (χ2n) is 6.44. The summed E-state index contributed by atoms with van der Waals surface area (Å²) in [6.07, 6.45) is 0. The first-order chi connectivity index (χ1) is 10.3. The minimum absolute atomic E-state index is 0.0194. The third-order valence-corrected chi connectivity index (χ3v) is 4.21. The van der Waals surface area contributed by atoms with Crippen molar-refractivity contribution in [2.75, 3.05) is 12.4 Å². The van der Waals surface area contributed by atoms with E-state index in [1.165, 1.54) is 0 Å². The van der Waals surface area contributed by atoms with Gasteiger partial charge in [-0.1, -0.05) is 39.0 Å². The van der Waals surface area contributed by atoms with Gasteiger partial charge in [-0.05, 0) is 24.0 Å². The zero-order chi connectivity index (χ0) is 16.3. The normalized spacial score (nSPS) is 11.3. The molecule has 1 aromatic carbocycles. The van der Waals surface area contributed by atoms with Crippen LogP contribution in [-0.2, 0) is 12.0 Å². The Bertz CT molecular complexity index is 658. The highest BCUT2D eigenvalue weighted by molar-refractivity contribution is 7.09. The van der Waals surface area contributed by atoms with E-state index in [0.717, 1.165) is 22.0 Å². The fraction of sp³-hybridized carbons (Fsp3) is 0.412. The number of aromatic nitrogens is 1. The molecular formula is C17H23N3OS. The maximum atomic E-state index is 12.4. The number of carbonyl (C=O) groups is 1. The first kappa shape index (κ1) is 16.5. The summed E-state index contributed by atoms with van der Waals surface area (Å²) in [5, 5.41) is 6.01. The first-order valence-electron chi connectivity index (χ1n) is 7.30. The summed E-state index contributed by atoms with van der Waals surface area (Å²) in [4.78, 5) is 18.4. The van der Waals surface area contributed by atoms with Gasteiger partial charge in [-0.3, -0.25) is 0 Å². The lowest BCUT2D eigenvalue weighted by Gasteiger charge is -2.24. The van der Waals surface area contributed by atoms with Crippen molar-refractivity contribution >= 4 is 23.1 Å². The summed E-state index contributed by atoms with van der Waals surface area (Å²) in [5.74, 6) is 0. The highest BCUT2D eigenvalue weighted by Crippen LogP contribution is 2.29. The predicted octanol–water partition coefficient (Wildman–Crippen LogP) is 4.41. The second kappa shape index (κ2) is 6.48. The summed E-state index contributed by atoms with van der Waals surface area (Å²) in [5.41, 5.74) is 2.89. The lowest BCUT2D eigenvalue weighted by Crippen LogP contribution is -2.32. The molecule has 1 aromatic heterocycles. The van der Waals surface area contributed by atoms with Crippen molar-refractivity contribution in [2.24, 2.45) is 0 Å². The first-order valence-corrected chi connectivity index (χ1v) is 8.18. The Morgan fingerprint density at radius 2 is 2.00 bits per heavy atom. The number of urea groups is 1. The van der Waals surface area contributed by atoms with Crippen molar-refractivity contribution in [3.05, 3.63) is 45.9 Å². The average Bonchev–Trinajstić information content (AvgIpc) is 2.83. The molecule has 1 N–H and O–H groups in total. The van der Waals surface area contributed by atoms with Crippen molar-refractivity contribution in [1.29, 1.82) is 0 Å². The van der Waals surface area contributed by atoms with E-state index in [1.807, 2.05) is 30.5 Å². The van der Waals surface area contributed by atoms with Crippen molar-refractivity contribution in [2.45, 2.75) is 39.7 Å². The number of hydrogen-bond donors (Lipinski definition) is 1. The molecule has 0 aliphatic heterocycles. The smallest absolute Gasteiger partial charge is 0.321 e. The van der Waals surface area contributed by atoms with Crippen LogP contribution in [0, 0.1) is 6.92 Å². The van der Waals surface area contributed by atoms with Crippen molar-refractivity contribution in [3.8, 4) is 0 Å². The zero-order valence-electron chi connectivity index (χ0n) is 13.8. The van der Waals surface area contributed by atoms with Gasteiger partial charge in [0.05, 0.1) is 17.2 Å². The standard InChI is InChI=1S/C17H23N3OS/c1-12-18-13(11-22-12)10-20(5)16(21)19-15-9-7-6-8-14(15)17(2,3)4/h6-9,11H,10H2,1-5H3,(H,19,21). The van der Waals surface area contributed by atoms with Gasteiger partial charge in [-0.2, -0.15) is 0 Å². The molecule has 0 radical (unpaired) electrons. The summed E-state index contributed by atoms with van der Waals surface area (Å²) >= 11 is 1.60. The zero-order valence-corrected chi connectivity index (χ0v) is 14.6. The minimum Gasteiger partial charge on any atom is -0.322 e. The van der Waals surface area contributed by atoms with E-state index in [1.54, 1.807) is 23.3 Å². The number of amides is 2. The molecule has 0 spiro atoms. The molecule has 0 unspecified atom stereocenters. The lowest BCUT2D eigenvalue weighted by atomic mass is 9.86. The van der Waals surface area contributed by atoms with Crippen LogP contribution in [0.3, 0.4) is 0 Å². The molecule has 2 rings (SSSR count). The predicted molar refractivity (Wildman–Crippen MR) is 92.5 cm³/mol. The molecule has 4 nitrogen and oxygen atoms in total. The Kier molecular flexibility index (Phi) is 4.86. The van der Waals surface area contributed by atoms with Gasteiger partial charge in [0.1, 0.15) is 0 Å². The number of benzene rings is 1. The number of thiazole rings is 1. The quantitative estimate of drug-likeness (QED) is 0.911. The van der Waals surface area contributed by atoms with Crippen LogP contribution in [0.2, 0.25) is 0 Å². The van der Waals surface area contributed by atoms with E-state index < -0.39 is 0 Å². The van der Waals surface area contributed by atoms with E-state index in [9.17, 15) is 4.79 Å². The molecule has 0 saturated carbocycles. The Labute approximate surface area is 136 Å². The highest BCUT2D eigenvalue weighted by atomic mass is 32.1. The minimum atomic E-state index is -0.123. The highest BCUT2D eigenvalue weighted by Gasteiger charge is 2.19. The summed E-state index contributed by atoms with van der Waals surface area (Å²) in [6, 6.07) is 7.81. The van der Waals surface area contributed by atoms with Gasteiger partial charge >= 0.3 is 6.03 Å². The third kappa shape index (κ3) is 4.07. The molecule has 5 heteroatoms. The van der Waals surface area contributed by atoms with Crippen LogP contribution in [-0.4, -0.2) is 23.0 Å². The molecule has 1 heterocycles. The Balaban J connectivity index is 2.09. The molecule has 0 atom stereocenters. The largest absolute Gasteiger partial charge is 0.322 e. The van der Waals surface area contributed by atoms with Gasteiger partial charge in [-0.25, -0.2) is 9.78 Å². The van der Waals surface area contributed by atoms with Gasteiger partial charge in [-0.15, -0.1) is 11.3 Å². The maximum Gasteiger partial charge on any atom is 0.321 e. The van der Waals surface area contributed by atoms with E-state index in [2.05, 4.69) is 37.1 Å². The van der Waals surface area contributed by atoms with Crippen LogP contribution in [0.5, 0.6) is 0 Å². The fourth-order valence-electron chi connectivity index (χ4n) is 2.25. The monoisotopic (exact) mass is 317 g/mol. The molecule has 0 aliphatic carbocycles. The SMILES string of the molecule is Cc1nc(CN(C)C(=O)Nc2ccccc2C(C)(C)C)cs1. The maximum absolute atomic E-state index is 12.4. The van der Waals surface area contributed by atoms with E-state index in [0.29, 0.717) is 6.54 Å². The molecule has 22 heavy (non-hydrogen) atoms. The number of para-hydroxylation sites is 1. The number of rotatable bonds is 3. The van der Waals surface area contributed by atoms with Crippen LogP contribution < -0.4 is 5.32 Å². The molecular weight excluding hydrogens is 294 g/mol. The van der Waals surface area contributed by atoms with Gasteiger partial charge in [0.15, 0.2) is 0 Å². The molecule has 0 aliphatic rings. The van der Waals surface area contributed by atoms with Crippen LogP contribution in [0.4, 0.5) is 10.5 Å². The van der Waals surface area contributed by atoms with Gasteiger partial charge in [0.25, 0.3) is 0 Å². The Morgan fingerprint density at radius 3 is 2.59 bits per heavy atom. The van der Waals surface area contributed by atoms with Crippen molar-refractivity contribution in [1.82, 2.24) is 9.88 Å². The second-order valence-corrected chi connectivity index (χ2v) is 7.50. The number of anilines is 1. The van der Waals surface area contributed by atoms with E-state index in [4.69, 9.17) is 0 Å². The molecule has 2 aromatic rings. The van der Waals surface area contributed by atoms with E-state index in [-0.39, 0.29) is 11.4 Å². The molecule has 2 amide bonds. The van der Waals surface area contributed by atoms with Gasteiger partial charge in [0, 0.05) is 18.1 Å². The van der Waals surface area contributed by atoms with Crippen LogP contribution in [0.25, 0.3) is 0 Å². The van der Waals surface area contributed by atoms with Crippen LogP contribution >= 0.6 is 11.3 Å². The third-order valence-electron chi connectivity index (χ3n) is 3.39. The van der Waals surface area contributed by atoms with Crippen molar-refractivity contribution < 1.29 is 4.79 Å². The molecule has 0 saturated heterocycles. The summed E-state index contributed by atoms with van der Waals surface area (Å²) in [7, 11) is 1.78. The molecule has 0 fully saturated rings. The Morgan fingerprint density at radius 1 is 1.32 bits per heavy atom. The van der Waals surface area contributed by atoms with Gasteiger partial charge in [0.2, 0.25) is 0 Å². The lowest BCUT2D eigenvalue weighted by molar-refractivity contribution is 0.220. The topological polar surface area (TPSA) is 45.2 Å². The number of hydrogen-bond acceptors (Lipinski definition) is 3. The fourth-order valence-corrected chi connectivity index (χ4v) is 2.86. The number of carbonyl (C=O) groups excluding carboxylic acids is 1. The van der Waals surface area contributed by atoms with E-state index >= 15 is 0 Å².